The number of sulfone groups is 1. The monoisotopic (exact) mass is 393 g/mol. The SMILES string of the molecule is Cc1ccc(S(C)(=O)=O)cc1C(=O)OCC(=O)NCCc1ccccc1F. The molecule has 2 aromatic carbocycles. The lowest BCUT2D eigenvalue weighted by molar-refractivity contribution is -0.124. The van der Waals surface area contributed by atoms with E-state index in [1.54, 1.807) is 25.1 Å². The van der Waals surface area contributed by atoms with Gasteiger partial charge in [0.25, 0.3) is 5.91 Å². The zero-order valence-electron chi connectivity index (χ0n) is 15.0. The van der Waals surface area contributed by atoms with E-state index in [1.165, 1.54) is 24.3 Å². The molecule has 27 heavy (non-hydrogen) atoms. The second-order valence-corrected chi connectivity index (χ2v) is 8.03. The highest BCUT2D eigenvalue weighted by Crippen LogP contribution is 2.16. The molecule has 0 spiro atoms. The van der Waals surface area contributed by atoms with Crippen LogP contribution in [0.1, 0.15) is 21.5 Å². The van der Waals surface area contributed by atoms with Gasteiger partial charge in [-0.05, 0) is 42.7 Å². The number of ether oxygens (including phenoxy) is 1. The molecule has 1 N–H and O–H groups in total. The summed E-state index contributed by atoms with van der Waals surface area (Å²) in [5.74, 6) is -1.67. The van der Waals surface area contributed by atoms with Gasteiger partial charge in [-0.3, -0.25) is 4.79 Å². The third-order valence-corrected chi connectivity index (χ3v) is 4.98. The van der Waals surface area contributed by atoms with Gasteiger partial charge in [0.1, 0.15) is 5.82 Å². The molecule has 0 heterocycles. The fourth-order valence-corrected chi connectivity index (χ4v) is 3.00. The van der Waals surface area contributed by atoms with Crippen LogP contribution in [0.15, 0.2) is 47.4 Å². The average molecular weight is 393 g/mol. The molecule has 0 aliphatic carbocycles. The van der Waals surface area contributed by atoms with Crippen molar-refractivity contribution in [2.24, 2.45) is 0 Å². The largest absolute Gasteiger partial charge is 0.452 e. The molecule has 0 saturated heterocycles. The Bertz CT molecular complexity index is 956. The Kier molecular flexibility index (Phi) is 6.68. The van der Waals surface area contributed by atoms with Crippen LogP contribution in [0.2, 0.25) is 0 Å². The number of hydrogen-bond donors (Lipinski definition) is 1. The maximum Gasteiger partial charge on any atom is 0.338 e. The fourth-order valence-electron chi connectivity index (χ4n) is 2.35. The van der Waals surface area contributed by atoms with Crippen LogP contribution in [-0.4, -0.2) is 39.7 Å². The van der Waals surface area contributed by atoms with Gasteiger partial charge in [0.15, 0.2) is 16.4 Å². The van der Waals surface area contributed by atoms with Crippen molar-refractivity contribution in [1.29, 1.82) is 0 Å². The minimum absolute atomic E-state index is 0.00520. The van der Waals surface area contributed by atoms with Crippen molar-refractivity contribution in [2.75, 3.05) is 19.4 Å². The number of nitrogens with one attached hydrogen (secondary N) is 1. The fraction of sp³-hybridized carbons (Fsp3) is 0.263. The number of carbonyl (C=O) groups excluding carboxylic acids is 2. The molecule has 0 aliphatic rings. The minimum atomic E-state index is -3.47. The van der Waals surface area contributed by atoms with Crippen molar-refractivity contribution in [3.63, 3.8) is 0 Å². The topological polar surface area (TPSA) is 89.5 Å². The smallest absolute Gasteiger partial charge is 0.338 e. The van der Waals surface area contributed by atoms with Crippen molar-refractivity contribution < 1.29 is 27.1 Å². The van der Waals surface area contributed by atoms with Crippen molar-refractivity contribution in [3.05, 3.63) is 65.0 Å². The highest BCUT2D eigenvalue weighted by Gasteiger charge is 2.16. The Balaban J connectivity index is 1.88. The van der Waals surface area contributed by atoms with Crippen molar-refractivity contribution in [2.45, 2.75) is 18.2 Å². The van der Waals surface area contributed by atoms with Crippen LogP contribution >= 0.6 is 0 Å². The molecule has 0 unspecified atom stereocenters. The summed E-state index contributed by atoms with van der Waals surface area (Å²) in [7, 11) is -3.47. The molecule has 8 heteroatoms. The zero-order valence-corrected chi connectivity index (χ0v) is 15.8. The van der Waals surface area contributed by atoms with E-state index in [4.69, 9.17) is 4.74 Å². The zero-order chi connectivity index (χ0) is 20.0. The number of rotatable bonds is 7. The number of aryl methyl sites for hydroxylation is 1. The average Bonchev–Trinajstić information content (AvgIpc) is 2.60. The highest BCUT2D eigenvalue weighted by molar-refractivity contribution is 7.90. The van der Waals surface area contributed by atoms with Gasteiger partial charge in [-0.2, -0.15) is 0 Å². The first-order valence-electron chi connectivity index (χ1n) is 8.16. The quantitative estimate of drug-likeness (QED) is 0.728. The molecule has 0 aliphatic heterocycles. The first kappa shape index (κ1) is 20.6. The number of esters is 1. The van der Waals surface area contributed by atoms with Crippen LogP contribution in [0, 0.1) is 12.7 Å². The van der Waals surface area contributed by atoms with Gasteiger partial charge in [0.05, 0.1) is 10.5 Å². The molecule has 0 saturated carbocycles. The van der Waals surface area contributed by atoms with Gasteiger partial charge >= 0.3 is 5.97 Å². The van der Waals surface area contributed by atoms with Gasteiger partial charge in [-0.1, -0.05) is 24.3 Å². The van der Waals surface area contributed by atoms with Crippen LogP contribution in [0.5, 0.6) is 0 Å². The lowest BCUT2D eigenvalue weighted by Crippen LogP contribution is -2.30. The predicted molar refractivity (Wildman–Crippen MR) is 97.7 cm³/mol. The third kappa shape index (κ3) is 5.89. The number of halogens is 1. The Hall–Kier alpha value is -2.74. The number of hydrogen-bond acceptors (Lipinski definition) is 5. The molecule has 0 atom stereocenters. The number of amides is 1. The van der Waals surface area contributed by atoms with E-state index in [1.807, 2.05) is 0 Å². The Morgan fingerprint density at radius 3 is 2.52 bits per heavy atom. The molecule has 0 bridgehead atoms. The minimum Gasteiger partial charge on any atom is -0.452 e. The summed E-state index contributed by atoms with van der Waals surface area (Å²) < 4.78 is 41.6. The maximum absolute atomic E-state index is 13.5. The van der Waals surface area contributed by atoms with E-state index in [0.29, 0.717) is 17.5 Å². The van der Waals surface area contributed by atoms with Gasteiger partial charge in [-0.15, -0.1) is 0 Å². The van der Waals surface area contributed by atoms with Crippen molar-refractivity contribution >= 4 is 21.7 Å². The summed E-state index contributed by atoms with van der Waals surface area (Å²) in [4.78, 5) is 23.9. The van der Waals surface area contributed by atoms with E-state index in [9.17, 15) is 22.4 Å². The summed E-state index contributed by atoms with van der Waals surface area (Å²) in [6, 6.07) is 10.4. The summed E-state index contributed by atoms with van der Waals surface area (Å²) in [6.45, 7) is 1.32. The highest BCUT2D eigenvalue weighted by atomic mass is 32.2. The molecule has 6 nitrogen and oxygen atoms in total. The molecule has 2 rings (SSSR count). The van der Waals surface area contributed by atoms with Gasteiger partial charge in [0, 0.05) is 12.8 Å². The van der Waals surface area contributed by atoms with E-state index in [0.717, 1.165) is 6.26 Å². The molecular weight excluding hydrogens is 373 g/mol. The number of benzene rings is 2. The summed E-state index contributed by atoms with van der Waals surface area (Å²) in [5, 5.41) is 2.54. The normalized spacial score (nSPS) is 11.1. The van der Waals surface area contributed by atoms with Gasteiger partial charge in [-0.25, -0.2) is 17.6 Å². The summed E-state index contributed by atoms with van der Waals surface area (Å²) in [5.41, 5.74) is 1.09. The van der Waals surface area contributed by atoms with E-state index in [-0.39, 0.29) is 22.8 Å². The van der Waals surface area contributed by atoms with Gasteiger partial charge < -0.3 is 10.1 Å². The Labute approximate surface area is 157 Å². The van der Waals surface area contributed by atoms with Crippen LogP contribution in [0.25, 0.3) is 0 Å². The Morgan fingerprint density at radius 1 is 1.15 bits per heavy atom. The van der Waals surface area contributed by atoms with Crippen molar-refractivity contribution in [1.82, 2.24) is 5.32 Å². The second-order valence-electron chi connectivity index (χ2n) is 6.02. The van der Waals surface area contributed by atoms with Crippen molar-refractivity contribution in [3.8, 4) is 0 Å². The molecule has 144 valence electrons. The summed E-state index contributed by atoms with van der Waals surface area (Å²) >= 11 is 0. The lowest BCUT2D eigenvalue weighted by atomic mass is 10.1. The first-order valence-corrected chi connectivity index (χ1v) is 10.1. The molecule has 2 aromatic rings. The summed E-state index contributed by atoms with van der Waals surface area (Å²) in [6.07, 6.45) is 1.34. The maximum atomic E-state index is 13.5. The standard InChI is InChI=1S/C19H20FNO5S/c1-13-7-8-15(27(2,24)25)11-16(13)19(23)26-12-18(22)21-10-9-14-5-3-4-6-17(14)20/h3-8,11H,9-10,12H2,1-2H3,(H,21,22). The lowest BCUT2D eigenvalue weighted by Gasteiger charge is -2.09. The van der Waals surface area contributed by atoms with E-state index in [2.05, 4.69) is 5.32 Å². The Morgan fingerprint density at radius 2 is 1.85 bits per heavy atom. The van der Waals surface area contributed by atoms with Crippen LogP contribution < -0.4 is 5.32 Å². The first-order chi connectivity index (χ1) is 12.7. The van der Waals surface area contributed by atoms with Crippen LogP contribution in [0.4, 0.5) is 4.39 Å². The van der Waals surface area contributed by atoms with Crippen LogP contribution in [0.3, 0.4) is 0 Å². The molecular formula is C19H20FNO5S. The van der Waals surface area contributed by atoms with Crippen LogP contribution in [-0.2, 0) is 25.8 Å². The number of carbonyl (C=O) groups is 2. The second kappa shape index (κ2) is 8.77. The van der Waals surface area contributed by atoms with Gasteiger partial charge in [0.2, 0.25) is 0 Å². The van der Waals surface area contributed by atoms with E-state index < -0.39 is 28.3 Å². The molecule has 1 amide bonds. The molecule has 0 aromatic heterocycles. The van der Waals surface area contributed by atoms with E-state index >= 15 is 0 Å². The molecule has 0 radical (unpaired) electrons. The third-order valence-electron chi connectivity index (χ3n) is 3.87. The predicted octanol–water partition coefficient (Wildman–Crippen LogP) is 2.05. The molecule has 0 fully saturated rings.